The summed E-state index contributed by atoms with van der Waals surface area (Å²) in [5.41, 5.74) is 2.89. The van der Waals surface area contributed by atoms with Gasteiger partial charge in [-0.3, -0.25) is 4.90 Å². The molecule has 104 valence electrons. The molecule has 2 unspecified atom stereocenters. The summed E-state index contributed by atoms with van der Waals surface area (Å²) in [6.45, 7) is 3.43. The summed E-state index contributed by atoms with van der Waals surface area (Å²) < 4.78 is 0. The van der Waals surface area contributed by atoms with Gasteiger partial charge >= 0.3 is 0 Å². The van der Waals surface area contributed by atoms with Crippen LogP contribution in [0.5, 0.6) is 0 Å². The molecule has 1 N–H and O–H groups in total. The lowest BCUT2D eigenvalue weighted by atomic mass is 9.85. The molecule has 2 aliphatic rings. The van der Waals surface area contributed by atoms with Gasteiger partial charge in [-0.05, 0) is 49.9 Å². The Balaban J connectivity index is 1.66. The van der Waals surface area contributed by atoms with E-state index in [-0.39, 0.29) is 0 Å². The van der Waals surface area contributed by atoms with Crippen LogP contribution in [0.1, 0.15) is 43.2 Å². The zero-order valence-electron chi connectivity index (χ0n) is 12.1. The minimum atomic E-state index is 0.877. The zero-order valence-corrected chi connectivity index (χ0v) is 12.1. The second kappa shape index (κ2) is 6.06. The van der Waals surface area contributed by atoms with Crippen LogP contribution in [0.25, 0.3) is 0 Å². The fraction of sp³-hybridized carbons (Fsp3) is 0.647. The molecule has 19 heavy (non-hydrogen) atoms. The number of hydrogen-bond acceptors (Lipinski definition) is 2. The van der Waals surface area contributed by atoms with Crippen LogP contribution in [0.3, 0.4) is 0 Å². The van der Waals surface area contributed by atoms with Crippen LogP contribution in [-0.4, -0.2) is 24.5 Å². The number of nitrogens with one attached hydrogen (secondary N) is 1. The van der Waals surface area contributed by atoms with Gasteiger partial charge in [0.1, 0.15) is 0 Å². The maximum Gasteiger partial charge on any atom is 0.0236 e. The molecular formula is C17H26N2. The summed E-state index contributed by atoms with van der Waals surface area (Å²) in [7, 11) is 2.01. The third-order valence-corrected chi connectivity index (χ3v) is 4.88. The van der Waals surface area contributed by atoms with Gasteiger partial charge in [-0.2, -0.15) is 0 Å². The highest BCUT2D eigenvalue weighted by molar-refractivity contribution is 5.23. The molecular weight excluding hydrogens is 232 g/mol. The van der Waals surface area contributed by atoms with Gasteiger partial charge in [-0.15, -0.1) is 0 Å². The van der Waals surface area contributed by atoms with Gasteiger partial charge in [-0.25, -0.2) is 0 Å². The molecule has 2 heteroatoms. The topological polar surface area (TPSA) is 15.3 Å². The first-order chi connectivity index (χ1) is 9.36. The molecule has 1 aliphatic heterocycles. The van der Waals surface area contributed by atoms with Crippen molar-refractivity contribution in [3.8, 4) is 0 Å². The molecule has 1 aliphatic carbocycles. The number of nitrogens with zero attached hydrogens (tertiary/aromatic N) is 1. The van der Waals surface area contributed by atoms with Crippen molar-refractivity contribution >= 4 is 0 Å². The van der Waals surface area contributed by atoms with E-state index in [4.69, 9.17) is 0 Å². The first-order valence-electron chi connectivity index (χ1n) is 7.83. The monoisotopic (exact) mass is 258 g/mol. The van der Waals surface area contributed by atoms with Crippen molar-refractivity contribution in [2.45, 2.75) is 51.2 Å². The molecule has 1 aromatic carbocycles. The van der Waals surface area contributed by atoms with Gasteiger partial charge in [0, 0.05) is 19.1 Å². The molecule has 1 saturated carbocycles. The smallest absolute Gasteiger partial charge is 0.0236 e. The van der Waals surface area contributed by atoms with Crippen molar-refractivity contribution in [3.05, 3.63) is 35.4 Å². The third-order valence-electron chi connectivity index (χ3n) is 4.88. The van der Waals surface area contributed by atoms with E-state index in [1.807, 2.05) is 7.05 Å². The molecule has 0 amide bonds. The largest absolute Gasteiger partial charge is 0.316 e. The van der Waals surface area contributed by atoms with Crippen LogP contribution in [0, 0.1) is 5.92 Å². The summed E-state index contributed by atoms with van der Waals surface area (Å²) in [5, 5.41) is 3.24. The normalized spacial score (nSPS) is 27.4. The Morgan fingerprint density at radius 3 is 2.89 bits per heavy atom. The molecule has 0 spiro atoms. The maximum absolute atomic E-state index is 3.24. The second-order valence-corrected chi connectivity index (χ2v) is 6.22. The summed E-state index contributed by atoms with van der Waals surface area (Å²) in [6.07, 6.45) is 7.24. The Kier molecular flexibility index (Phi) is 4.19. The highest BCUT2D eigenvalue weighted by atomic mass is 15.2. The molecule has 3 rings (SSSR count). The highest BCUT2D eigenvalue weighted by Gasteiger charge is 2.35. The molecule has 0 bridgehead atoms. The average Bonchev–Trinajstić information content (AvgIpc) is 2.83. The van der Waals surface area contributed by atoms with Gasteiger partial charge in [0.05, 0.1) is 0 Å². The molecule has 1 saturated heterocycles. The Morgan fingerprint density at radius 1 is 1.16 bits per heavy atom. The van der Waals surface area contributed by atoms with E-state index >= 15 is 0 Å². The van der Waals surface area contributed by atoms with Crippen molar-refractivity contribution in [2.75, 3.05) is 13.6 Å². The Bertz CT molecular complexity index is 415. The fourth-order valence-electron chi connectivity index (χ4n) is 3.98. The quantitative estimate of drug-likeness (QED) is 0.892. The first-order valence-corrected chi connectivity index (χ1v) is 7.83. The Morgan fingerprint density at radius 2 is 2.00 bits per heavy atom. The van der Waals surface area contributed by atoms with Crippen molar-refractivity contribution in [2.24, 2.45) is 5.92 Å². The molecule has 2 fully saturated rings. The lowest BCUT2D eigenvalue weighted by Crippen LogP contribution is -2.34. The minimum Gasteiger partial charge on any atom is -0.316 e. The Hall–Kier alpha value is -0.860. The van der Waals surface area contributed by atoms with E-state index in [2.05, 4.69) is 34.5 Å². The highest BCUT2D eigenvalue weighted by Crippen LogP contribution is 2.36. The predicted molar refractivity (Wildman–Crippen MR) is 80.0 cm³/mol. The summed E-state index contributed by atoms with van der Waals surface area (Å²) in [6, 6.07) is 9.95. The second-order valence-electron chi connectivity index (χ2n) is 6.22. The predicted octanol–water partition coefficient (Wildman–Crippen LogP) is 3.17. The van der Waals surface area contributed by atoms with Crippen molar-refractivity contribution in [1.82, 2.24) is 10.2 Å². The van der Waals surface area contributed by atoms with Gasteiger partial charge in [0.25, 0.3) is 0 Å². The third kappa shape index (κ3) is 3.01. The minimum absolute atomic E-state index is 0.877. The van der Waals surface area contributed by atoms with Crippen molar-refractivity contribution < 1.29 is 0 Å². The molecule has 2 nitrogen and oxygen atoms in total. The van der Waals surface area contributed by atoms with Crippen LogP contribution in [-0.2, 0) is 13.1 Å². The van der Waals surface area contributed by atoms with Crippen LogP contribution in [0.15, 0.2) is 24.3 Å². The van der Waals surface area contributed by atoms with Gasteiger partial charge in [0.15, 0.2) is 0 Å². The molecule has 2 atom stereocenters. The average molecular weight is 258 g/mol. The SMILES string of the molecule is CNCc1cccc(CN2CCC3CCCCC32)c1. The Labute approximate surface area is 117 Å². The lowest BCUT2D eigenvalue weighted by Gasteiger charge is -2.31. The van der Waals surface area contributed by atoms with Gasteiger partial charge in [-0.1, -0.05) is 37.1 Å². The van der Waals surface area contributed by atoms with Crippen molar-refractivity contribution in [3.63, 3.8) is 0 Å². The van der Waals surface area contributed by atoms with E-state index in [9.17, 15) is 0 Å². The summed E-state index contributed by atoms with van der Waals surface area (Å²) in [5.74, 6) is 0.995. The van der Waals surface area contributed by atoms with E-state index in [0.29, 0.717) is 0 Å². The number of fused-ring (bicyclic) bond motifs is 1. The van der Waals surface area contributed by atoms with E-state index in [1.165, 1.54) is 49.8 Å². The zero-order chi connectivity index (χ0) is 13.1. The van der Waals surface area contributed by atoms with E-state index in [1.54, 1.807) is 0 Å². The van der Waals surface area contributed by atoms with Gasteiger partial charge in [0.2, 0.25) is 0 Å². The number of hydrogen-bond donors (Lipinski definition) is 1. The van der Waals surface area contributed by atoms with Crippen molar-refractivity contribution in [1.29, 1.82) is 0 Å². The maximum atomic E-state index is 3.24. The molecule has 1 aromatic rings. The summed E-state index contributed by atoms with van der Waals surface area (Å²) in [4.78, 5) is 2.74. The van der Waals surface area contributed by atoms with E-state index in [0.717, 1.165) is 25.0 Å². The standard InChI is InChI=1S/C17H26N2/c1-18-12-14-5-4-6-15(11-14)13-19-10-9-16-7-2-3-8-17(16)19/h4-6,11,16-18H,2-3,7-10,12-13H2,1H3. The van der Waals surface area contributed by atoms with Crippen LogP contribution >= 0.6 is 0 Å². The van der Waals surface area contributed by atoms with Crippen LogP contribution in [0.4, 0.5) is 0 Å². The van der Waals surface area contributed by atoms with E-state index < -0.39 is 0 Å². The van der Waals surface area contributed by atoms with Crippen LogP contribution < -0.4 is 5.32 Å². The number of benzene rings is 1. The number of likely N-dealkylation sites (tertiary alicyclic amines) is 1. The fourth-order valence-corrected chi connectivity index (χ4v) is 3.98. The van der Waals surface area contributed by atoms with Gasteiger partial charge < -0.3 is 5.32 Å². The summed E-state index contributed by atoms with van der Waals surface area (Å²) >= 11 is 0. The molecule has 0 radical (unpaired) electrons. The number of rotatable bonds is 4. The molecule has 0 aromatic heterocycles. The van der Waals surface area contributed by atoms with Crippen LogP contribution in [0.2, 0.25) is 0 Å². The first kappa shape index (κ1) is 13.1. The lowest BCUT2D eigenvalue weighted by molar-refractivity contribution is 0.176. The molecule has 1 heterocycles.